The fraction of sp³-hybridized carbons (Fsp3) is 0.0769. The predicted molar refractivity (Wildman–Crippen MR) is 65.5 cm³/mol. The van der Waals surface area contributed by atoms with Crippen molar-refractivity contribution in [2.45, 2.75) is 0 Å². The van der Waals surface area contributed by atoms with Crippen molar-refractivity contribution < 1.29 is 9.90 Å². The van der Waals surface area contributed by atoms with Gasteiger partial charge in [0, 0.05) is 7.05 Å². The number of imidazole rings is 1. The van der Waals surface area contributed by atoms with E-state index in [0.29, 0.717) is 5.56 Å². The fourth-order valence-electron chi connectivity index (χ4n) is 1.45. The molecule has 1 heterocycles. The normalized spacial score (nSPS) is 10.9. The van der Waals surface area contributed by atoms with Crippen LogP contribution in [0.1, 0.15) is 21.6 Å². The molecule has 0 fully saturated rings. The zero-order chi connectivity index (χ0) is 12.3. The van der Waals surface area contributed by atoms with Crippen molar-refractivity contribution in [3.8, 4) is 0 Å². The third-order valence-electron chi connectivity index (χ3n) is 2.46. The van der Waals surface area contributed by atoms with Gasteiger partial charge in [0.25, 0.3) is 0 Å². The molecule has 1 aromatic carbocycles. The van der Waals surface area contributed by atoms with Crippen LogP contribution in [-0.2, 0) is 7.05 Å². The van der Waals surface area contributed by atoms with Crippen LogP contribution < -0.4 is 0 Å². The molecule has 2 aromatic rings. The molecule has 0 radical (unpaired) electrons. The Bertz CT molecular complexity index is 553. The quantitative estimate of drug-likeness (QED) is 0.876. The van der Waals surface area contributed by atoms with Gasteiger partial charge in [-0.25, -0.2) is 9.78 Å². The number of aromatic carboxylic acids is 1. The predicted octanol–water partition coefficient (Wildman–Crippen LogP) is 2.29. The summed E-state index contributed by atoms with van der Waals surface area (Å²) in [6.07, 6.45) is 7.35. The molecule has 2 rings (SSSR count). The van der Waals surface area contributed by atoms with Crippen LogP contribution in [0.25, 0.3) is 12.2 Å². The third-order valence-corrected chi connectivity index (χ3v) is 2.46. The zero-order valence-electron chi connectivity index (χ0n) is 9.37. The second-order valence-electron chi connectivity index (χ2n) is 3.69. The van der Waals surface area contributed by atoms with Crippen LogP contribution in [-0.4, -0.2) is 20.6 Å². The Balaban J connectivity index is 2.17. The van der Waals surface area contributed by atoms with Gasteiger partial charge in [-0.3, -0.25) is 0 Å². The number of carbonyl (C=O) groups is 1. The molecule has 0 aliphatic rings. The third kappa shape index (κ3) is 2.60. The van der Waals surface area contributed by atoms with Crippen LogP contribution in [0.4, 0.5) is 0 Å². The number of aryl methyl sites for hydroxylation is 1. The Morgan fingerprint density at radius 3 is 2.53 bits per heavy atom. The summed E-state index contributed by atoms with van der Waals surface area (Å²) >= 11 is 0. The van der Waals surface area contributed by atoms with Crippen molar-refractivity contribution in [2.75, 3.05) is 0 Å². The molecule has 4 nitrogen and oxygen atoms in total. The lowest BCUT2D eigenvalue weighted by atomic mass is 10.1. The summed E-state index contributed by atoms with van der Waals surface area (Å²) in [6.45, 7) is 0. The molecule has 17 heavy (non-hydrogen) atoms. The van der Waals surface area contributed by atoms with Gasteiger partial charge < -0.3 is 9.67 Å². The first-order valence-electron chi connectivity index (χ1n) is 5.14. The van der Waals surface area contributed by atoms with Crippen molar-refractivity contribution >= 4 is 18.1 Å². The molecule has 0 unspecified atom stereocenters. The minimum Gasteiger partial charge on any atom is -0.478 e. The largest absolute Gasteiger partial charge is 0.478 e. The highest BCUT2D eigenvalue weighted by atomic mass is 16.4. The summed E-state index contributed by atoms with van der Waals surface area (Å²) in [4.78, 5) is 14.7. The SMILES string of the molecule is Cn1cncc1/C=C/c1ccc(C(=O)O)cc1. The molecule has 0 spiro atoms. The Hall–Kier alpha value is -2.36. The number of benzene rings is 1. The standard InChI is InChI=1S/C13H12N2O2/c1-15-9-14-8-12(15)7-4-10-2-5-11(6-3-10)13(16)17/h2-9H,1H3,(H,16,17)/b7-4+. The minimum absolute atomic E-state index is 0.294. The average molecular weight is 228 g/mol. The number of hydrogen-bond donors (Lipinski definition) is 1. The smallest absolute Gasteiger partial charge is 0.335 e. The Kier molecular flexibility index (Phi) is 3.05. The summed E-state index contributed by atoms with van der Waals surface area (Å²) in [6, 6.07) is 6.73. The van der Waals surface area contributed by atoms with Gasteiger partial charge in [0.2, 0.25) is 0 Å². The molecule has 0 amide bonds. The second kappa shape index (κ2) is 4.65. The fourth-order valence-corrected chi connectivity index (χ4v) is 1.45. The van der Waals surface area contributed by atoms with Gasteiger partial charge in [-0.15, -0.1) is 0 Å². The van der Waals surface area contributed by atoms with E-state index in [1.165, 1.54) is 0 Å². The van der Waals surface area contributed by atoms with Crippen LogP contribution in [0.5, 0.6) is 0 Å². The molecule has 0 bridgehead atoms. The summed E-state index contributed by atoms with van der Waals surface area (Å²) in [5, 5.41) is 8.76. The molecule has 0 atom stereocenters. The van der Waals surface area contributed by atoms with Crippen LogP contribution >= 0.6 is 0 Å². The minimum atomic E-state index is -0.910. The van der Waals surface area contributed by atoms with E-state index in [-0.39, 0.29) is 0 Å². The Labute approximate surface area is 98.9 Å². The van der Waals surface area contributed by atoms with Gasteiger partial charge in [0.1, 0.15) is 0 Å². The molecule has 4 heteroatoms. The van der Waals surface area contributed by atoms with Crippen molar-refractivity contribution in [1.29, 1.82) is 0 Å². The summed E-state index contributed by atoms with van der Waals surface area (Å²) in [5.74, 6) is -0.910. The van der Waals surface area contributed by atoms with E-state index in [9.17, 15) is 4.79 Å². The van der Waals surface area contributed by atoms with Gasteiger partial charge in [-0.2, -0.15) is 0 Å². The number of carboxylic acids is 1. The summed E-state index contributed by atoms with van der Waals surface area (Å²) < 4.78 is 1.90. The van der Waals surface area contributed by atoms with Crippen molar-refractivity contribution in [1.82, 2.24) is 9.55 Å². The Morgan fingerprint density at radius 2 is 2.00 bits per heavy atom. The van der Waals surface area contributed by atoms with E-state index in [2.05, 4.69) is 4.98 Å². The second-order valence-corrected chi connectivity index (χ2v) is 3.69. The highest BCUT2D eigenvalue weighted by molar-refractivity contribution is 5.88. The Morgan fingerprint density at radius 1 is 1.29 bits per heavy atom. The van der Waals surface area contributed by atoms with E-state index in [1.807, 2.05) is 23.8 Å². The number of aromatic nitrogens is 2. The van der Waals surface area contributed by atoms with Gasteiger partial charge in [-0.05, 0) is 23.8 Å². The van der Waals surface area contributed by atoms with Crippen LogP contribution in [0.2, 0.25) is 0 Å². The molecule has 0 saturated carbocycles. The maximum atomic E-state index is 10.7. The highest BCUT2D eigenvalue weighted by Crippen LogP contribution is 2.09. The van der Waals surface area contributed by atoms with Crippen molar-refractivity contribution in [3.63, 3.8) is 0 Å². The highest BCUT2D eigenvalue weighted by Gasteiger charge is 2.00. The maximum Gasteiger partial charge on any atom is 0.335 e. The van der Waals surface area contributed by atoms with E-state index in [0.717, 1.165) is 11.3 Å². The molecular formula is C13H12N2O2. The summed E-state index contributed by atoms with van der Waals surface area (Å²) in [5.41, 5.74) is 2.24. The first-order chi connectivity index (χ1) is 8.16. The van der Waals surface area contributed by atoms with E-state index >= 15 is 0 Å². The van der Waals surface area contributed by atoms with Crippen molar-refractivity contribution in [3.05, 3.63) is 53.6 Å². The lowest BCUT2D eigenvalue weighted by molar-refractivity contribution is 0.0697. The van der Waals surface area contributed by atoms with E-state index in [4.69, 9.17) is 5.11 Å². The molecule has 0 aliphatic heterocycles. The molecule has 0 saturated heterocycles. The monoisotopic (exact) mass is 228 g/mol. The maximum absolute atomic E-state index is 10.7. The first kappa shape index (κ1) is 11.1. The zero-order valence-corrected chi connectivity index (χ0v) is 9.37. The molecule has 86 valence electrons. The molecular weight excluding hydrogens is 216 g/mol. The number of rotatable bonds is 3. The van der Waals surface area contributed by atoms with E-state index in [1.54, 1.807) is 36.8 Å². The van der Waals surface area contributed by atoms with Crippen LogP contribution in [0, 0.1) is 0 Å². The van der Waals surface area contributed by atoms with Crippen molar-refractivity contribution in [2.24, 2.45) is 7.05 Å². The molecule has 0 aliphatic carbocycles. The molecule has 1 aromatic heterocycles. The lowest BCUT2D eigenvalue weighted by Crippen LogP contribution is -1.94. The van der Waals surface area contributed by atoms with Crippen LogP contribution in [0.3, 0.4) is 0 Å². The van der Waals surface area contributed by atoms with Gasteiger partial charge in [0.05, 0.1) is 23.8 Å². The number of nitrogens with zero attached hydrogens (tertiary/aromatic N) is 2. The van der Waals surface area contributed by atoms with E-state index < -0.39 is 5.97 Å². The summed E-state index contributed by atoms with van der Waals surface area (Å²) in [7, 11) is 1.92. The van der Waals surface area contributed by atoms with Gasteiger partial charge >= 0.3 is 5.97 Å². The average Bonchev–Trinajstić information content (AvgIpc) is 2.73. The topological polar surface area (TPSA) is 55.1 Å². The molecule has 1 N–H and O–H groups in total. The first-order valence-corrected chi connectivity index (χ1v) is 5.14. The van der Waals surface area contributed by atoms with Gasteiger partial charge in [-0.1, -0.05) is 18.2 Å². The lowest BCUT2D eigenvalue weighted by Gasteiger charge is -1.97. The van der Waals surface area contributed by atoms with Gasteiger partial charge in [0.15, 0.2) is 0 Å². The number of hydrogen-bond acceptors (Lipinski definition) is 2. The number of carboxylic acid groups (broad SMARTS) is 1. The van der Waals surface area contributed by atoms with Crippen LogP contribution in [0.15, 0.2) is 36.8 Å².